The number of aliphatic carboxylic acids is 1. The van der Waals surface area contributed by atoms with Gasteiger partial charge in [-0.1, -0.05) is 6.92 Å². The highest BCUT2D eigenvalue weighted by Gasteiger charge is 2.59. The Bertz CT molecular complexity index is 804. The Labute approximate surface area is 181 Å². The van der Waals surface area contributed by atoms with Gasteiger partial charge in [0.1, 0.15) is 0 Å². The summed E-state index contributed by atoms with van der Waals surface area (Å²) in [5.41, 5.74) is -0.0426. The van der Waals surface area contributed by atoms with E-state index in [0.717, 1.165) is 32.5 Å². The van der Waals surface area contributed by atoms with Gasteiger partial charge < -0.3 is 29.3 Å². The summed E-state index contributed by atoms with van der Waals surface area (Å²) in [4.78, 5) is 41.4. The maximum atomic E-state index is 13.1. The summed E-state index contributed by atoms with van der Waals surface area (Å²) in [5.74, 6) is -2.25. The number of hydrogen-bond donors (Lipinski definition) is 1. The smallest absolute Gasteiger partial charge is 0.280 e. The summed E-state index contributed by atoms with van der Waals surface area (Å²) in [6, 6.07) is -0.466. The first-order chi connectivity index (χ1) is 14.0. The van der Waals surface area contributed by atoms with Crippen LogP contribution in [-0.2, 0) is 14.4 Å². The van der Waals surface area contributed by atoms with Crippen molar-refractivity contribution in [3.63, 3.8) is 0 Å². The van der Waals surface area contributed by atoms with Crippen molar-refractivity contribution >= 4 is 29.5 Å². The van der Waals surface area contributed by atoms with E-state index < -0.39 is 18.0 Å². The number of carbonyl (C=O) groups is 3. The molecule has 30 heavy (non-hydrogen) atoms. The van der Waals surface area contributed by atoms with Crippen molar-refractivity contribution in [2.75, 3.05) is 33.7 Å². The molecule has 4 aliphatic heterocycles. The van der Waals surface area contributed by atoms with Crippen LogP contribution in [0.15, 0.2) is 10.6 Å². The number of aliphatic hydroxyl groups excluding tert-OH is 1. The number of rotatable bonds is 5. The van der Waals surface area contributed by atoms with E-state index in [9.17, 15) is 24.6 Å². The zero-order valence-corrected chi connectivity index (χ0v) is 18.9. The molecule has 6 atom stereocenters. The second-order valence-electron chi connectivity index (χ2n) is 9.74. The Morgan fingerprint density at radius 2 is 1.90 bits per heavy atom. The number of carboxylic acid groups (broad SMARTS) is 1. The lowest BCUT2D eigenvalue weighted by atomic mass is 9.79. The fourth-order valence-electron chi connectivity index (χ4n) is 5.74. The van der Waals surface area contributed by atoms with Crippen LogP contribution in [0.3, 0.4) is 0 Å². The number of β-lactam (4-membered cyclic amide) rings is 1. The fraction of sp³-hybridized carbons (Fsp3) is 0.762. The Morgan fingerprint density at radius 1 is 1.27 bits per heavy atom. The first kappa shape index (κ1) is 21.6. The standard InChI is InChI=1S/C21H31N3O5S/c1-11-16-15(12(2)25)20(27)23(16)17(21(28)29)18(11)30-13-9-14(24(3,4)10-13)19(26)22-7-5-6-8-22/h11-16,25H,5-10H2,1-4H3/t11-,12-,13+,14+,15-,16-/m1/s1. The van der Waals surface area contributed by atoms with Gasteiger partial charge in [-0.3, -0.25) is 9.59 Å². The second-order valence-corrected chi connectivity index (χ2v) is 11.1. The Hall–Kier alpha value is -1.58. The summed E-state index contributed by atoms with van der Waals surface area (Å²) in [7, 11) is 4.12. The van der Waals surface area contributed by atoms with Gasteiger partial charge in [0.15, 0.2) is 6.04 Å². The van der Waals surface area contributed by atoms with Gasteiger partial charge in [-0.25, -0.2) is 0 Å². The van der Waals surface area contributed by atoms with E-state index in [1.54, 1.807) is 6.92 Å². The minimum atomic E-state index is -1.35. The predicted octanol–water partition coefficient (Wildman–Crippen LogP) is -0.622. The number of quaternary nitrogens is 1. The van der Waals surface area contributed by atoms with Crippen molar-refractivity contribution in [3.05, 3.63) is 10.6 Å². The number of carboxylic acids is 1. The molecule has 3 saturated heterocycles. The Morgan fingerprint density at radius 3 is 2.47 bits per heavy atom. The van der Waals surface area contributed by atoms with Gasteiger partial charge in [-0.15, -0.1) is 11.8 Å². The highest BCUT2D eigenvalue weighted by atomic mass is 32.2. The SMILES string of the molecule is C[C@@H](O)[C@H]1C(=O)N2C(C(=O)[O-])=C(S[C@H]3C[C@@H](C(=O)N4CCCC4)[N+](C)(C)C3)[C@H](C)[C@H]12. The molecule has 166 valence electrons. The summed E-state index contributed by atoms with van der Waals surface area (Å²) in [5, 5.41) is 22.0. The first-order valence-corrected chi connectivity index (χ1v) is 11.7. The van der Waals surface area contributed by atoms with Crippen LogP contribution in [-0.4, -0.2) is 94.3 Å². The largest absolute Gasteiger partial charge is 0.543 e. The van der Waals surface area contributed by atoms with E-state index in [1.807, 2.05) is 11.8 Å². The highest BCUT2D eigenvalue weighted by molar-refractivity contribution is 8.03. The van der Waals surface area contributed by atoms with Crippen molar-refractivity contribution < 1.29 is 29.1 Å². The zero-order valence-electron chi connectivity index (χ0n) is 18.0. The van der Waals surface area contributed by atoms with Gasteiger partial charge in [0.25, 0.3) is 5.91 Å². The van der Waals surface area contributed by atoms with Crippen molar-refractivity contribution in [1.82, 2.24) is 9.80 Å². The number of thioether (sulfide) groups is 1. The van der Waals surface area contributed by atoms with Crippen molar-refractivity contribution in [3.8, 4) is 0 Å². The van der Waals surface area contributed by atoms with Crippen LogP contribution >= 0.6 is 11.8 Å². The molecule has 4 rings (SSSR count). The zero-order chi connectivity index (χ0) is 22.0. The quantitative estimate of drug-likeness (QED) is 0.454. The second kappa shape index (κ2) is 7.53. The van der Waals surface area contributed by atoms with Crippen LogP contribution in [0.1, 0.15) is 33.1 Å². The molecule has 3 fully saturated rings. The molecule has 0 saturated carbocycles. The summed E-state index contributed by atoms with van der Waals surface area (Å²) in [6.45, 7) is 5.89. The van der Waals surface area contributed by atoms with E-state index in [1.165, 1.54) is 16.7 Å². The molecule has 2 amide bonds. The van der Waals surface area contributed by atoms with Gasteiger partial charge >= 0.3 is 0 Å². The minimum absolute atomic E-state index is 0.0426. The van der Waals surface area contributed by atoms with Crippen LogP contribution in [0.25, 0.3) is 0 Å². The average molecular weight is 438 g/mol. The normalized spacial score (nSPS) is 36.2. The van der Waals surface area contributed by atoms with Gasteiger partial charge in [0.2, 0.25) is 5.91 Å². The van der Waals surface area contributed by atoms with Crippen LogP contribution in [0.5, 0.6) is 0 Å². The van der Waals surface area contributed by atoms with Crippen LogP contribution in [0.4, 0.5) is 0 Å². The topological polar surface area (TPSA) is 101 Å². The first-order valence-electron chi connectivity index (χ1n) is 10.8. The highest BCUT2D eigenvalue weighted by Crippen LogP contribution is 2.52. The van der Waals surface area contributed by atoms with E-state index in [-0.39, 0.29) is 40.8 Å². The molecule has 0 aliphatic carbocycles. The summed E-state index contributed by atoms with van der Waals surface area (Å²) in [6.07, 6.45) is 1.97. The number of aliphatic hydroxyl groups is 1. The molecule has 0 spiro atoms. The number of nitrogens with zero attached hydrogens (tertiary/aromatic N) is 3. The van der Waals surface area contributed by atoms with Crippen molar-refractivity contribution in [1.29, 1.82) is 0 Å². The van der Waals surface area contributed by atoms with Crippen molar-refractivity contribution in [2.24, 2.45) is 11.8 Å². The molecule has 0 aromatic carbocycles. The third-order valence-corrected chi connectivity index (χ3v) is 8.80. The molecule has 0 aromatic heterocycles. The van der Waals surface area contributed by atoms with Crippen LogP contribution < -0.4 is 5.11 Å². The predicted molar refractivity (Wildman–Crippen MR) is 110 cm³/mol. The number of hydrogen-bond acceptors (Lipinski definition) is 6. The number of likely N-dealkylation sites (tertiary alicyclic amines) is 2. The Balaban J connectivity index is 1.54. The van der Waals surface area contributed by atoms with Gasteiger partial charge in [-0.05, 0) is 19.8 Å². The fourth-order valence-corrected chi connectivity index (χ4v) is 7.49. The molecule has 0 radical (unpaired) electrons. The minimum Gasteiger partial charge on any atom is -0.543 e. The molecule has 0 aromatic rings. The van der Waals surface area contributed by atoms with Gasteiger partial charge in [0, 0.05) is 30.3 Å². The maximum absolute atomic E-state index is 13.1. The maximum Gasteiger partial charge on any atom is 0.280 e. The van der Waals surface area contributed by atoms with Gasteiger partial charge in [0.05, 0.1) is 55.6 Å². The monoisotopic (exact) mass is 437 g/mol. The molecule has 0 unspecified atom stereocenters. The lowest BCUT2D eigenvalue weighted by molar-refractivity contribution is -0.893. The number of amides is 2. The van der Waals surface area contributed by atoms with Crippen molar-refractivity contribution in [2.45, 2.75) is 56.5 Å². The van der Waals surface area contributed by atoms with Crippen LogP contribution in [0, 0.1) is 11.8 Å². The Kier molecular flexibility index (Phi) is 5.43. The lowest BCUT2D eigenvalue weighted by Gasteiger charge is -2.47. The molecule has 4 aliphatic rings. The van der Waals surface area contributed by atoms with E-state index >= 15 is 0 Å². The van der Waals surface area contributed by atoms with E-state index in [4.69, 9.17) is 0 Å². The van der Waals surface area contributed by atoms with Crippen LogP contribution in [0.2, 0.25) is 0 Å². The third-order valence-electron chi connectivity index (χ3n) is 7.30. The molecule has 0 bridgehead atoms. The summed E-state index contributed by atoms with van der Waals surface area (Å²) < 4.78 is 0.581. The molecule has 9 heteroatoms. The van der Waals surface area contributed by atoms with E-state index in [0.29, 0.717) is 15.8 Å². The molecule has 1 N–H and O–H groups in total. The number of carbonyl (C=O) groups excluding carboxylic acids is 3. The lowest BCUT2D eigenvalue weighted by Crippen LogP contribution is -2.64. The molecular weight excluding hydrogens is 406 g/mol. The molecule has 4 heterocycles. The molecular formula is C21H31N3O5S. The summed E-state index contributed by atoms with van der Waals surface area (Å²) >= 11 is 1.49. The third kappa shape index (κ3) is 3.26. The van der Waals surface area contributed by atoms with E-state index in [2.05, 4.69) is 14.1 Å². The number of likely N-dealkylation sites (N-methyl/N-ethyl adjacent to an activating group) is 1. The average Bonchev–Trinajstić information content (AvgIpc) is 3.32. The molecule has 8 nitrogen and oxygen atoms in total. The number of fused-ring (bicyclic) bond motifs is 1. The van der Waals surface area contributed by atoms with Gasteiger partial charge in [-0.2, -0.15) is 0 Å².